The lowest BCUT2D eigenvalue weighted by Gasteiger charge is -2.36. The van der Waals surface area contributed by atoms with E-state index in [9.17, 15) is 4.79 Å². The van der Waals surface area contributed by atoms with Crippen LogP contribution in [0.3, 0.4) is 0 Å². The number of likely N-dealkylation sites (tertiary alicyclic amines) is 1. The molecule has 20 heavy (non-hydrogen) atoms. The van der Waals surface area contributed by atoms with Crippen LogP contribution in [0.25, 0.3) is 0 Å². The van der Waals surface area contributed by atoms with Gasteiger partial charge in [0.15, 0.2) is 0 Å². The van der Waals surface area contributed by atoms with Crippen LogP contribution in [0.4, 0.5) is 5.82 Å². The number of carbonyl (C=O) groups is 1. The highest BCUT2D eigenvalue weighted by Gasteiger charge is 2.27. The Kier molecular flexibility index (Phi) is 4.99. The Bertz CT molecular complexity index is 459. The highest BCUT2D eigenvalue weighted by atomic mass is 16.2. The molecular weight excluding hydrogens is 250 g/mol. The maximum atomic E-state index is 11.8. The van der Waals surface area contributed by atoms with E-state index in [1.165, 1.54) is 6.42 Å². The fourth-order valence-corrected chi connectivity index (χ4v) is 2.77. The summed E-state index contributed by atoms with van der Waals surface area (Å²) in [6.07, 6.45) is 5.12. The third-order valence-corrected chi connectivity index (χ3v) is 3.78. The Morgan fingerprint density at radius 2 is 2.30 bits per heavy atom. The molecule has 1 aromatic rings. The second-order valence-electron chi connectivity index (χ2n) is 5.94. The molecule has 4 heteroatoms. The Morgan fingerprint density at radius 3 is 3.00 bits per heavy atom. The van der Waals surface area contributed by atoms with Gasteiger partial charge in [-0.25, -0.2) is 4.98 Å². The van der Waals surface area contributed by atoms with Crippen molar-refractivity contribution < 1.29 is 4.79 Å². The highest BCUT2D eigenvalue weighted by Crippen LogP contribution is 2.34. The van der Waals surface area contributed by atoms with Crippen molar-refractivity contribution in [2.45, 2.75) is 46.1 Å². The smallest absolute Gasteiger partial charge is 0.219 e. The van der Waals surface area contributed by atoms with E-state index in [1.807, 2.05) is 17.2 Å². The van der Waals surface area contributed by atoms with E-state index in [0.717, 1.165) is 37.3 Å². The number of carbonyl (C=O) groups excluding carboxylic acids is 1. The molecule has 1 atom stereocenters. The first kappa shape index (κ1) is 14.8. The van der Waals surface area contributed by atoms with Crippen molar-refractivity contribution in [1.82, 2.24) is 9.88 Å². The van der Waals surface area contributed by atoms with E-state index in [0.29, 0.717) is 5.92 Å². The summed E-state index contributed by atoms with van der Waals surface area (Å²) in [6.45, 7) is 7.78. The number of nitrogens with zero attached hydrogens (tertiary/aromatic N) is 2. The van der Waals surface area contributed by atoms with E-state index >= 15 is 0 Å². The molecule has 0 bridgehead atoms. The van der Waals surface area contributed by atoms with E-state index in [2.05, 4.69) is 30.2 Å². The molecule has 2 heterocycles. The predicted molar refractivity (Wildman–Crippen MR) is 81.5 cm³/mol. The summed E-state index contributed by atoms with van der Waals surface area (Å²) in [5.74, 6) is 1.66. The van der Waals surface area contributed by atoms with Gasteiger partial charge in [-0.05, 0) is 31.2 Å². The maximum Gasteiger partial charge on any atom is 0.219 e. The first-order chi connectivity index (χ1) is 9.59. The molecule has 0 saturated carbocycles. The summed E-state index contributed by atoms with van der Waals surface area (Å²) in [5.41, 5.74) is 1.16. The number of rotatable bonds is 4. The number of pyridine rings is 1. The lowest BCUT2D eigenvalue weighted by molar-refractivity contribution is -0.132. The molecule has 1 aliphatic heterocycles. The monoisotopic (exact) mass is 275 g/mol. The van der Waals surface area contributed by atoms with Crippen molar-refractivity contribution >= 4 is 11.7 Å². The van der Waals surface area contributed by atoms with Crippen LogP contribution >= 0.6 is 0 Å². The molecule has 0 aromatic carbocycles. The van der Waals surface area contributed by atoms with Gasteiger partial charge in [-0.1, -0.05) is 19.9 Å². The molecule has 0 spiro atoms. The number of hydrogen-bond donors (Lipinski definition) is 1. The lowest BCUT2D eigenvalue weighted by Crippen LogP contribution is -2.37. The van der Waals surface area contributed by atoms with E-state index in [-0.39, 0.29) is 11.9 Å². The summed E-state index contributed by atoms with van der Waals surface area (Å²) in [5, 5.41) is 3.42. The molecule has 110 valence electrons. The Labute approximate surface area is 121 Å². The zero-order valence-corrected chi connectivity index (χ0v) is 12.7. The topological polar surface area (TPSA) is 45.2 Å². The predicted octanol–water partition coefficient (Wildman–Crippen LogP) is 3.22. The highest BCUT2D eigenvalue weighted by molar-refractivity contribution is 5.74. The second kappa shape index (κ2) is 6.73. The van der Waals surface area contributed by atoms with Crippen molar-refractivity contribution in [2.24, 2.45) is 5.92 Å². The third-order valence-electron chi connectivity index (χ3n) is 3.78. The molecule has 0 radical (unpaired) electrons. The van der Waals surface area contributed by atoms with Gasteiger partial charge in [0.1, 0.15) is 5.82 Å². The zero-order valence-electron chi connectivity index (χ0n) is 12.7. The van der Waals surface area contributed by atoms with Crippen LogP contribution in [-0.4, -0.2) is 28.9 Å². The summed E-state index contributed by atoms with van der Waals surface area (Å²) in [6, 6.07) is 4.23. The molecule has 1 fully saturated rings. The van der Waals surface area contributed by atoms with Crippen molar-refractivity contribution in [2.75, 3.05) is 18.4 Å². The van der Waals surface area contributed by atoms with Gasteiger partial charge in [0.2, 0.25) is 5.91 Å². The summed E-state index contributed by atoms with van der Waals surface area (Å²) < 4.78 is 0. The molecule has 1 saturated heterocycles. The minimum Gasteiger partial charge on any atom is -0.370 e. The van der Waals surface area contributed by atoms with Gasteiger partial charge >= 0.3 is 0 Å². The zero-order chi connectivity index (χ0) is 14.5. The first-order valence-electron chi connectivity index (χ1n) is 7.55. The molecule has 0 unspecified atom stereocenters. The number of hydrogen-bond acceptors (Lipinski definition) is 3. The van der Waals surface area contributed by atoms with Crippen molar-refractivity contribution in [1.29, 1.82) is 0 Å². The van der Waals surface area contributed by atoms with Crippen LogP contribution in [0.1, 0.15) is 51.6 Å². The fraction of sp³-hybridized carbons (Fsp3) is 0.625. The van der Waals surface area contributed by atoms with Gasteiger partial charge in [0.25, 0.3) is 0 Å². The number of nitrogens with one attached hydrogen (secondary N) is 1. The standard InChI is InChI=1S/C16H25N3O/c1-12(2)11-18-16-14(7-6-9-17-16)15-8-4-5-10-19(15)13(3)20/h6-7,9,12,15H,4-5,8,10-11H2,1-3H3,(H,17,18)/t15-/m0/s1. The average molecular weight is 275 g/mol. The molecule has 1 N–H and O–H groups in total. The minimum absolute atomic E-state index is 0.161. The Balaban J connectivity index is 2.23. The van der Waals surface area contributed by atoms with Crippen LogP contribution in [0.5, 0.6) is 0 Å². The second-order valence-corrected chi connectivity index (χ2v) is 5.94. The fourth-order valence-electron chi connectivity index (χ4n) is 2.77. The van der Waals surface area contributed by atoms with Crippen molar-refractivity contribution in [3.8, 4) is 0 Å². The van der Waals surface area contributed by atoms with Crippen molar-refractivity contribution in [3.63, 3.8) is 0 Å². The minimum atomic E-state index is 0.161. The van der Waals surface area contributed by atoms with Gasteiger partial charge in [-0.2, -0.15) is 0 Å². The molecular formula is C16H25N3O. The van der Waals surface area contributed by atoms with Gasteiger partial charge < -0.3 is 10.2 Å². The number of piperidine rings is 1. The SMILES string of the molecule is CC(=O)N1CCCC[C@H]1c1cccnc1NCC(C)C. The normalized spacial score (nSPS) is 19.2. The average Bonchev–Trinajstić information content (AvgIpc) is 2.45. The summed E-state index contributed by atoms with van der Waals surface area (Å²) in [7, 11) is 0. The van der Waals surface area contributed by atoms with Gasteiger partial charge in [-0.3, -0.25) is 4.79 Å². The molecule has 0 aliphatic carbocycles. The van der Waals surface area contributed by atoms with Crippen LogP contribution in [0.2, 0.25) is 0 Å². The quantitative estimate of drug-likeness (QED) is 0.917. The van der Waals surface area contributed by atoms with E-state index in [1.54, 1.807) is 6.92 Å². The number of anilines is 1. The number of amides is 1. The van der Waals surface area contributed by atoms with Crippen molar-refractivity contribution in [3.05, 3.63) is 23.9 Å². The van der Waals surface area contributed by atoms with E-state index < -0.39 is 0 Å². The summed E-state index contributed by atoms with van der Waals surface area (Å²) in [4.78, 5) is 18.3. The summed E-state index contributed by atoms with van der Waals surface area (Å²) >= 11 is 0. The van der Waals surface area contributed by atoms with Gasteiger partial charge in [0.05, 0.1) is 6.04 Å². The number of aromatic nitrogens is 1. The molecule has 1 amide bonds. The lowest BCUT2D eigenvalue weighted by atomic mass is 9.95. The molecule has 4 nitrogen and oxygen atoms in total. The molecule has 2 rings (SSSR count). The van der Waals surface area contributed by atoms with E-state index in [4.69, 9.17) is 0 Å². The first-order valence-corrected chi connectivity index (χ1v) is 7.55. The Hall–Kier alpha value is -1.58. The van der Waals surface area contributed by atoms with Crippen LogP contribution in [0, 0.1) is 5.92 Å². The van der Waals surface area contributed by atoms with Crippen LogP contribution < -0.4 is 5.32 Å². The van der Waals surface area contributed by atoms with Gasteiger partial charge in [0, 0.05) is 31.8 Å². The van der Waals surface area contributed by atoms with Crippen LogP contribution in [-0.2, 0) is 4.79 Å². The van der Waals surface area contributed by atoms with Crippen LogP contribution in [0.15, 0.2) is 18.3 Å². The van der Waals surface area contributed by atoms with Gasteiger partial charge in [-0.15, -0.1) is 0 Å². The maximum absolute atomic E-state index is 11.8. The third kappa shape index (κ3) is 3.50. The largest absolute Gasteiger partial charge is 0.370 e. The Morgan fingerprint density at radius 1 is 1.50 bits per heavy atom. The molecule has 1 aromatic heterocycles. The molecule has 1 aliphatic rings.